The van der Waals surface area contributed by atoms with E-state index in [1.807, 2.05) is 0 Å². The average molecular weight is 336 g/mol. The lowest BCUT2D eigenvalue weighted by molar-refractivity contribution is 0.101. The van der Waals surface area contributed by atoms with Gasteiger partial charge in [0.1, 0.15) is 0 Å². The van der Waals surface area contributed by atoms with Crippen molar-refractivity contribution in [3.8, 4) is 0 Å². The van der Waals surface area contributed by atoms with Crippen molar-refractivity contribution in [2.75, 3.05) is 26.2 Å². The summed E-state index contributed by atoms with van der Waals surface area (Å²) in [5, 5.41) is 0. The number of sulfonamides is 1. The number of carbonyl (C=O) groups is 1. The van der Waals surface area contributed by atoms with Crippen LogP contribution >= 0.6 is 0 Å². The van der Waals surface area contributed by atoms with Gasteiger partial charge in [0.25, 0.3) is 0 Å². The average Bonchev–Trinajstić information content (AvgIpc) is 2.72. The highest BCUT2D eigenvalue weighted by Crippen LogP contribution is 2.26. The van der Waals surface area contributed by atoms with Crippen LogP contribution in [0.2, 0.25) is 0 Å². The topological polar surface area (TPSA) is 57.7 Å². The van der Waals surface area contributed by atoms with E-state index in [0.29, 0.717) is 24.7 Å². The molecule has 2 aliphatic rings. The van der Waals surface area contributed by atoms with Gasteiger partial charge < -0.3 is 0 Å². The molecule has 0 unspecified atom stereocenters. The Balaban J connectivity index is 1.72. The molecule has 0 aromatic heterocycles. The van der Waals surface area contributed by atoms with E-state index >= 15 is 0 Å². The Bertz CT molecular complexity index is 666. The van der Waals surface area contributed by atoms with Crippen LogP contribution in [-0.4, -0.2) is 55.6 Å². The minimum atomic E-state index is -3.47. The molecule has 0 radical (unpaired) electrons. The standard InChI is InChI=1S/C17H24N2O3S/c1-14(20)15-6-8-17(9-7-15)23(21,22)19-11-3-10-18(12-13-19)16-4-2-5-16/h6-9,16H,2-5,10-13H2,1H3. The number of rotatable bonds is 4. The first kappa shape index (κ1) is 16.6. The molecule has 0 atom stereocenters. The summed E-state index contributed by atoms with van der Waals surface area (Å²) in [6.07, 6.45) is 4.67. The fourth-order valence-corrected chi connectivity index (χ4v) is 4.75. The van der Waals surface area contributed by atoms with Crippen molar-refractivity contribution in [2.45, 2.75) is 43.5 Å². The molecule has 1 aliphatic carbocycles. The molecule has 0 N–H and O–H groups in total. The van der Waals surface area contributed by atoms with Gasteiger partial charge in [0.15, 0.2) is 5.78 Å². The lowest BCUT2D eigenvalue weighted by Crippen LogP contribution is -2.42. The van der Waals surface area contributed by atoms with Crippen molar-refractivity contribution in [2.24, 2.45) is 0 Å². The molecule has 0 spiro atoms. The Labute approximate surface area is 138 Å². The maximum atomic E-state index is 12.8. The van der Waals surface area contributed by atoms with Crippen molar-refractivity contribution in [1.29, 1.82) is 0 Å². The van der Waals surface area contributed by atoms with Gasteiger partial charge in [-0.3, -0.25) is 9.69 Å². The smallest absolute Gasteiger partial charge is 0.243 e. The maximum Gasteiger partial charge on any atom is 0.243 e. The summed E-state index contributed by atoms with van der Waals surface area (Å²) in [4.78, 5) is 14.0. The maximum absolute atomic E-state index is 12.8. The largest absolute Gasteiger partial charge is 0.299 e. The van der Waals surface area contributed by atoms with Gasteiger partial charge in [-0.15, -0.1) is 0 Å². The first-order valence-electron chi connectivity index (χ1n) is 8.34. The van der Waals surface area contributed by atoms with Gasteiger partial charge in [-0.2, -0.15) is 4.31 Å². The highest BCUT2D eigenvalue weighted by Gasteiger charge is 2.30. The predicted molar refractivity (Wildman–Crippen MR) is 89.0 cm³/mol. The molecule has 126 valence electrons. The Morgan fingerprint density at radius 2 is 1.70 bits per heavy atom. The van der Waals surface area contributed by atoms with E-state index in [1.165, 1.54) is 26.2 Å². The quantitative estimate of drug-likeness (QED) is 0.791. The van der Waals surface area contributed by atoms with Crippen LogP contribution in [0.1, 0.15) is 43.0 Å². The van der Waals surface area contributed by atoms with Gasteiger partial charge in [-0.25, -0.2) is 8.42 Å². The summed E-state index contributed by atoms with van der Waals surface area (Å²) in [6.45, 7) is 4.40. The molecule has 0 amide bonds. The Kier molecular flexibility index (Phi) is 4.85. The zero-order valence-electron chi connectivity index (χ0n) is 13.6. The molecule has 5 nitrogen and oxygen atoms in total. The third-order valence-corrected chi connectivity index (χ3v) is 6.89. The number of ketones is 1. The molecule has 2 fully saturated rings. The minimum Gasteiger partial charge on any atom is -0.299 e. The summed E-state index contributed by atoms with van der Waals surface area (Å²) in [6, 6.07) is 6.93. The van der Waals surface area contributed by atoms with Crippen LogP contribution in [0.15, 0.2) is 29.2 Å². The van der Waals surface area contributed by atoms with E-state index in [1.54, 1.807) is 28.6 Å². The molecule has 1 aliphatic heterocycles. The number of hydrogen-bond donors (Lipinski definition) is 0. The van der Waals surface area contributed by atoms with Crippen LogP contribution in [0.3, 0.4) is 0 Å². The zero-order valence-corrected chi connectivity index (χ0v) is 14.4. The van der Waals surface area contributed by atoms with E-state index in [4.69, 9.17) is 0 Å². The second kappa shape index (κ2) is 6.71. The van der Waals surface area contributed by atoms with E-state index in [2.05, 4.69) is 4.90 Å². The molecule has 1 heterocycles. The van der Waals surface area contributed by atoms with E-state index < -0.39 is 10.0 Å². The van der Waals surface area contributed by atoms with E-state index in [0.717, 1.165) is 19.5 Å². The summed E-state index contributed by atoms with van der Waals surface area (Å²) in [7, 11) is -3.47. The highest BCUT2D eigenvalue weighted by molar-refractivity contribution is 7.89. The molecular weight excluding hydrogens is 312 g/mol. The summed E-state index contributed by atoms with van der Waals surface area (Å²) >= 11 is 0. The number of nitrogens with zero attached hydrogens (tertiary/aromatic N) is 2. The van der Waals surface area contributed by atoms with Gasteiger partial charge in [0.05, 0.1) is 4.90 Å². The van der Waals surface area contributed by atoms with Crippen LogP contribution in [0.4, 0.5) is 0 Å². The monoisotopic (exact) mass is 336 g/mol. The van der Waals surface area contributed by atoms with Crippen molar-refractivity contribution < 1.29 is 13.2 Å². The predicted octanol–water partition coefficient (Wildman–Crippen LogP) is 2.14. The van der Waals surface area contributed by atoms with Crippen LogP contribution < -0.4 is 0 Å². The van der Waals surface area contributed by atoms with Gasteiger partial charge in [0.2, 0.25) is 10.0 Å². The Morgan fingerprint density at radius 1 is 1.00 bits per heavy atom. The Morgan fingerprint density at radius 3 is 2.26 bits per heavy atom. The first-order chi connectivity index (χ1) is 11.0. The molecule has 1 aromatic rings. The fourth-order valence-electron chi connectivity index (χ4n) is 3.28. The van der Waals surface area contributed by atoms with Crippen molar-refractivity contribution in [3.63, 3.8) is 0 Å². The van der Waals surface area contributed by atoms with Crippen LogP contribution in [0, 0.1) is 0 Å². The van der Waals surface area contributed by atoms with Gasteiger partial charge in [-0.1, -0.05) is 18.6 Å². The molecule has 6 heteroatoms. The molecule has 0 bridgehead atoms. The summed E-state index contributed by atoms with van der Waals surface area (Å²) in [5.74, 6) is -0.0557. The van der Waals surface area contributed by atoms with Crippen molar-refractivity contribution in [3.05, 3.63) is 29.8 Å². The number of hydrogen-bond acceptors (Lipinski definition) is 4. The second-order valence-electron chi connectivity index (χ2n) is 6.46. The molecule has 3 rings (SSSR count). The van der Waals surface area contributed by atoms with Gasteiger partial charge in [-0.05, 0) is 44.9 Å². The second-order valence-corrected chi connectivity index (χ2v) is 8.40. The van der Waals surface area contributed by atoms with E-state index in [-0.39, 0.29) is 10.7 Å². The summed E-state index contributed by atoms with van der Waals surface area (Å²) in [5.41, 5.74) is 0.538. The summed E-state index contributed by atoms with van der Waals surface area (Å²) < 4.78 is 27.2. The number of benzene rings is 1. The molecule has 1 aromatic carbocycles. The highest BCUT2D eigenvalue weighted by atomic mass is 32.2. The van der Waals surface area contributed by atoms with Gasteiger partial charge in [0, 0.05) is 31.2 Å². The number of Topliss-reactive ketones (excluding diaryl/α,β-unsaturated/α-hetero) is 1. The van der Waals surface area contributed by atoms with Gasteiger partial charge >= 0.3 is 0 Å². The third kappa shape index (κ3) is 3.49. The Hall–Kier alpha value is -1.24. The third-order valence-electron chi connectivity index (χ3n) is 4.98. The normalized spacial score (nSPS) is 21.6. The van der Waals surface area contributed by atoms with Crippen LogP contribution in [0.5, 0.6) is 0 Å². The lowest BCUT2D eigenvalue weighted by atomic mass is 9.91. The van der Waals surface area contributed by atoms with E-state index in [9.17, 15) is 13.2 Å². The minimum absolute atomic E-state index is 0.0557. The fraction of sp³-hybridized carbons (Fsp3) is 0.588. The van der Waals surface area contributed by atoms with Crippen molar-refractivity contribution >= 4 is 15.8 Å². The molecule has 1 saturated heterocycles. The van der Waals surface area contributed by atoms with Crippen LogP contribution in [-0.2, 0) is 10.0 Å². The van der Waals surface area contributed by atoms with Crippen LogP contribution in [0.25, 0.3) is 0 Å². The zero-order chi connectivity index (χ0) is 16.4. The first-order valence-corrected chi connectivity index (χ1v) is 9.78. The lowest BCUT2D eigenvalue weighted by Gasteiger charge is -2.36. The number of carbonyl (C=O) groups excluding carboxylic acids is 1. The molecule has 23 heavy (non-hydrogen) atoms. The molecular formula is C17H24N2O3S. The molecule has 1 saturated carbocycles. The SMILES string of the molecule is CC(=O)c1ccc(S(=O)(=O)N2CCCN(C3CCC3)CC2)cc1. The van der Waals surface area contributed by atoms with Crippen molar-refractivity contribution in [1.82, 2.24) is 9.21 Å².